The van der Waals surface area contributed by atoms with E-state index in [0.717, 1.165) is 45.0 Å². The molecule has 0 aromatic heterocycles. The number of hydrogen-bond donors (Lipinski definition) is 0. The van der Waals surface area contributed by atoms with Gasteiger partial charge in [-0.25, -0.2) is 0 Å². The molecule has 22 heavy (non-hydrogen) atoms. The van der Waals surface area contributed by atoms with Crippen molar-refractivity contribution in [1.82, 2.24) is 14.7 Å². The Morgan fingerprint density at radius 3 is 2.55 bits per heavy atom. The lowest BCUT2D eigenvalue weighted by molar-refractivity contribution is 0.133. The van der Waals surface area contributed by atoms with Gasteiger partial charge in [0.25, 0.3) is 0 Å². The minimum absolute atomic E-state index is 0.786. The van der Waals surface area contributed by atoms with E-state index in [0.29, 0.717) is 0 Å². The average Bonchev–Trinajstić information content (AvgIpc) is 2.50. The molecule has 1 aliphatic heterocycles. The largest absolute Gasteiger partial charge is 0.492 e. The van der Waals surface area contributed by atoms with E-state index in [-0.39, 0.29) is 0 Å². The molecule has 1 aromatic rings. The number of aryl methyl sites for hydroxylation is 1. The zero-order chi connectivity index (χ0) is 15.8. The van der Waals surface area contributed by atoms with Crippen LogP contribution in [0.4, 0.5) is 0 Å². The van der Waals surface area contributed by atoms with Crippen LogP contribution in [0.3, 0.4) is 0 Å². The number of para-hydroxylation sites is 1. The third-order valence-corrected chi connectivity index (χ3v) is 4.29. The topological polar surface area (TPSA) is 19.0 Å². The number of rotatable bonds is 8. The van der Waals surface area contributed by atoms with Crippen molar-refractivity contribution in [2.45, 2.75) is 12.8 Å². The van der Waals surface area contributed by atoms with E-state index in [4.69, 9.17) is 4.74 Å². The molecule has 0 bridgehead atoms. The highest BCUT2D eigenvalue weighted by molar-refractivity contribution is 5.33. The maximum atomic E-state index is 6.06. The molecular weight excluding hydrogens is 274 g/mol. The van der Waals surface area contributed by atoms with Crippen LogP contribution in [-0.2, 0) is 6.42 Å². The first-order chi connectivity index (χ1) is 10.6. The fraction of sp³-hybridized carbons (Fsp3) is 0.667. The van der Waals surface area contributed by atoms with E-state index in [2.05, 4.69) is 60.1 Å². The van der Waals surface area contributed by atoms with Crippen LogP contribution in [-0.4, -0.2) is 81.7 Å². The SMILES string of the molecule is CN(C)CCCc1ccccc1OCCN1CCN(C)CC1. The number of ether oxygens (including phenoxy) is 1. The Kier molecular flexibility index (Phi) is 7.16. The Morgan fingerprint density at radius 2 is 1.82 bits per heavy atom. The van der Waals surface area contributed by atoms with Crippen LogP contribution in [0.1, 0.15) is 12.0 Å². The van der Waals surface area contributed by atoms with Gasteiger partial charge in [0.15, 0.2) is 0 Å². The fourth-order valence-electron chi connectivity index (χ4n) is 2.79. The van der Waals surface area contributed by atoms with Gasteiger partial charge in [0.1, 0.15) is 12.4 Å². The second-order valence-corrected chi connectivity index (χ2v) is 6.51. The molecule has 0 atom stereocenters. The molecule has 4 nitrogen and oxygen atoms in total. The van der Waals surface area contributed by atoms with Crippen LogP contribution in [0.2, 0.25) is 0 Å². The number of likely N-dealkylation sites (N-methyl/N-ethyl adjacent to an activating group) is 1. The van der Waals surface area contributed by atoms with E-state index >= 15 is 0 Å². The molecule has 1 heterocycles. The predicted molar refractivity (Wildman–Crippen MR) is 92.7 cm³/mol. The van der Waals surface area contributed by atoms with Crippen molar-refractivity contribution >= 4 is 0 Å². The zero-order valence-electron chi connectivity index (χ0n) is 14.4. The standard InChI is InChI=1S/C18H31N3O/c1-19(2)10-6-8-17-7-4-5-9-18(17)22-16-15-21-13-11-20(3)12-14-21/h4-5,7,9H,6,8,10-16H2,1-3H3. The lowest BCUT2D eigenvalue weighted by atomic mass is 10.1. The molecule has 0 N–H and O–H groups in total. The van der Waals surface area contributed by atoms with Gasteiger partial charge in [0.2, 0.25) is 0 Å². The third-order valence-electron chi connectivity index (χ3n) is 4.29. The summed E-state index contributed by atoms with van der Waals surface area (Å²) in [5.74, 6) is 1.07. The van der Waals surface area contributed by atoms with Crippen LogP contribution in [0.25, 0.3) is 0 Å². The van der Waals surface area contributed by atoms with Crippen LogP contribution < -0.4 is 4.74 Å². The molecule has 1 aromatic carbocycles. The Balaban J connectivity index is 1.74. The van der Waals surface area contributed by atoms with Crippen LogP contribution in [0.5, 0.6) is 5.75 Å². The monoisotopic (exact) mass is 305 g/mol. The second kappa shape index (κ2) is 9.13. The highest BCUT2D eigenvalue weighted by Gasteiger charge is 2.13. The predicted octanol–water partition coefficient (Wildman–Crippen LogP) is 1.81. The molecule has 1 fully saturated rings. The lowest BCUT2D eigenvalue weighted by Gasteiger charge is -2.32. The zero-order valence-corrected chi connectivity index (χ0v) is 14.4. The maximum Gasteiger partial charge on any atom is 0.122 e. The molecule has 1 saturated heterocycles. The molecule has 2 rings (SSSR count). The summed E-state index contributed by atoms with van der Waals surface area (Å²) in [5.41, 5.74) is 1.34. The summed E-state index contributed by atoms with van der Waals surface area (Å²) in [7, 11) is 6.44. The molecular formula is C18H31N3O. The van der Waals surface area contributed by atoms with Gasteiger partial charge in [-0.3, -0.25) is 4.90 Å². The number of hydrogen-bond acceptors (Lipinski definition) is 4. The quantitative estimate of drug-likeness (QED) is 0.729. The fourth-order valence-corrected chi connectivity index (χ4v) is 2.79. The lowest BCUT2D eigenvalue weighted by Crippen LogP contribution is -2.45. The summed E-state index contributed by atoms with van der Waals surface area (Å²) in [6.45, 7) is 7.58. The van der Waals surface area contributed by atoms with Crippen molar-refractivity contribution in [2.24, 2.45) is 0 Å². The smallest absolute Gasteiger partial charge is 0.122 e. The number of nitrogens with zero attached hydrogens (tertiary/aromatic N) is 3. The number of benzene rings is 1. The minimum atomic E-state index is 0.786. The first-order valence-electron chi connectivity index (χ1n) is 8.41. The first-order valence-corrected chi connectivity index (χ1v) is 8.41. The Labute approximate surface area is 135 Å². The van der Waals surface area contributed by atoms with Crippen molar-refractivity contribution in [3.8, 4) is 5.75 Å². The van der Waals surface area contributed by atoms with Gasteiger partial charge < -0.3 is 14.5 Å². The Hall–Kier alpha value is -1.10. The van der Waals surface area contributed by atoms with Crippen LogP contribution >= 0.6 is 0 Å². The Bertz CT molecular complexity index is 428. The van der Waals surface area contributed by atoms with Gasteiger partial charge in [-0.05, 0) is 52.2 Å². The normalized spacial score (nSPS) is 17.1. The third kappa shape index (κ3) is 5.95. The van der Waals surface area contributed by atoms with Gasteiger partial charge in [0.05, 0.1) is 0 Å². The Morgan fingerprint density at radius 1 is 1.09 bits per heavy atom. The van der Waals surface area contributed by atoms with E-state index in [1.54, 1.807) is 0 Å². The molecule has 1 aliphatic rings. The van der Waals surface area contributed by atoms with Gasteiger partial charge in [-0.15, -0.1) is 0 Å². The molecule has 0 amide bonds. The van der Waals surface area contributed by atoms with Crippen LogP contribution in [0.15, 0.2) is 24.3 Å². The highest BCUT2D eigenvalue weighted by Crippen LogP contribution is 2.19. The maximum absolute atomic E-state index is 6.06. The molecule has 124 valence electrons. The van der Waals surface area contributed by atoms with Gasteiger partial charge in [0, 0.05) is 32.7 Å². The van der Waals surface area contributed by atoms with E-state index < -0.39 is 0 Å². The van der Waals surface area contributed by atoms with E-state index in [9.17, 15) is 0 Å². The van der Waals surface area contributed by atoms with Gasteiger partial charge in [-0.2, -0.15) is 0 Å². The van der Waals surface area contributed by atoms with Crippen LogP contribution in [0, 0.1) is 0 Å². The molecule has 0 aliphatic carbocycles. The summed E-state index contributed by atoms with van der Waals surface area (Å²) in [5, 5.41) is 0. The van der Waals surface area contributed by atoms with Crippen molar-refractivity contribution in [3.63, 3.8) is 0 Å². The van der Waals surface area contributed by atoms with Gasteiger partial charge >= 0.3 is 0 Å². The minimum Gasteiger partial charge on any atom is -0.492 e. The van der Waals surface area contributed by atoms with Crippen molar-refractivity contribution in [2.75, 3.05) is 67.0 Å². The molecule has 0 radical (unpaired) electrons. The summed E-state index contributed by atoms with van der Waals surface area (Å²) < 4.78 is 6.06. The van der Waals surface area contributed by atoms with Crippen molar-refractivity contribution in [3.05, 3.63) is 29.8 Å². The first kappa shape index (κ1) is 17.3. The molecule has 0 saturated carbocycles. The van der Waals surface area contributed by atoms with E-state index in [1.165, 1.54) is 25.1 Å². The van der Waals surface area contributed by atoms with Crippen molar-refractivity contribution < 1.29 is 4.74 Å². The average molecular weight is 305 g/mol. The van der Waals surface area contributed by atoms with E-state index in [1.807, 2.05) is 0 Å². The van der Waals surface area contributed by atoms with Crippen molar-refractivity contribution in [1.29, 1.82) is 0 Å². The summed E-state index contributed by atoms with van der Waals surface area (Å²) >= 11 is 0. The van der Waals surface area contributed by atoms with Gasteiger partial charge in [-0.1, -0.05) is 18.2 Å². The molecule has 0 unspecified atom stereocenters. The second-order valence-electron chi connectivity index (χ2n) is 6.51. The highest BCUT2D eigenvalue weighted by atomic mass is 16.5. The molecule has 4 heteroatoms. The summed E-state index contributed by atoms with van der Waals surface area (Å²) in [6, 6.07) is 8.48. The summed E-state index contributed by atoms with van der Waals surface area (Å²) in [4.78, 5) is 7.11. The summed E-state index contributed by atoms with van der Waals surface area (Å²) in [6.07, 6.45) is 2.26. The molecule has 0 spiro atoms. The number of piperazine rings is 1.